The molecule has 0 aliphatic carbocycles. The Morgan fingerprint density at radius 3 is 1.81 bits per heavy atom. The van der Waals surface area contributed by atoms with Gasteiger partial charge in [0.25, 0.3) is 0 Å². The van der Waals surface area contributed by atoms with Crippen LogP contribution in [0.25, 0.3) is 34.4 Å². The van der Waals surface area contributed by atoms with Crippen molar-refractivity contribution in [3.8, 4) is 28.0 Å². The van der Waals surface area contributed by atoms with Gasteiger partial charge < -0.3 is 4.74 Å². The Balaban J connectivity index is 1.31. The monoisotopic (exact) mass is 670 g/mol. The first-order valence-corrected chi connectivity index (χ1v) is 14.9. The number of benzene rings is 5. The number of ether oxygens (including phenoxy) is 1. The highest BCUT2D eigenvalue weighted by Crippen LogP contribution is 2.35. The van der Waals surface area contributed by atoms with Gasteiger partial charge in [-0.25, -0.2) is 30.7 Å². The Kier molecular flexibility index (Phi) is 10.3. The van der Waals surface area contributed by atoms with Gasteiger partial charge in [0, 0.05) is 23.3 Å². The summed E-state index contributed by atoms with van der Waals surface area (Å²) >= 11 is 0. The SMILES string of the molecule is CCCCCc1ccc(-c2ccc(-c3cc(F)c(C=Cc4ccc(C(F)(F)Oc5cc(F)c(F)c(F)c5)c(F)c4)c(F)c3)c(F)c2)cc1. The lowest BCUT2D eigenvalue weighted by molar-refractivity contribution is -0.187. The molecule has 0 unspecified atom stereocenters. The minimum atomic E-state index is -4.43. The predicted molar refractivity (Wildman–Crippen MR) is 167 cm³/mol. The maximum Gasteiger partial charge on any atom is 0.429 e. The lowest BCUT2D eigenvalue weighted by atomic mass is 9.97. The molecule has 48 heavy (non-hydrogen) atoms. The van der Waals surface area contributed by atoms with Crippen LogP contribution in [0, 0.1) is 40.7 Å². The van der Waals surface area contributed by atoms with Crippen molar-refractivity contribution in [1.82, 2.24) is 0 Å². The normalized spacial score (nSPS) is 11.8. The summed E-state index contributed by atoms with van der Waals surface area (Å²) in [4.78, 5) is 0. The number of hydrogen-bond donors (Lipinski definition) is 0. The van der Waals surface area contributed by atoms with E-state index in [0.29, 0.717) is 17.7 Å². The topological polar surface area (TPSA) is 9.23 Å². The Morgan fingerprint density at radius 1 is 0.583 bits per heavy atom. The first-order valence-electron chi connectivity index (χ1n) is 14.9. The van der Waals surface area contributed by atoms with Crippen LogP contribution in [0.15, 0.2) is 84.9 Å². The summed E-state index contributed by atoms with van der Waals surface area (Å²) in [6, 6.07) is 16.6. The smallest absolute Gasteiger partial charge is 0.429 e. The molecule has 248 valence electrons. The van der Waals surface area contributed by atoms with Crippen molar-refractivity contribution in [3.63, 3.8) is 0 Å². The van der Waals surface area contributed by atoms with Gasteiger partial charge in [-0.05, 0) is 77.1 Å². The quantitative estimate of drug-likeness (QED) is 0.0588. The maximum atomic E-state index is 15.2. The van der Waals surface area contributed by atoms with E-state index in [-0.39, 0.29) is 28.8 Å². The molecule has 5 aromatic rings. The average molecular weight is 671 g/mol. The number of hydrogen-bond acceptors (Lipinski definition) is 1. The third-order valence-electron chi connectivity index (χ3n) is 7.67. The fourth-order valence-electron chi connectivity index (χ4n) is 5.12. The first-order chi connectivity index (χ1) is 22.9. The second kappa shape index (κ2) is 14.4. The van der Waals surface area contributed by atoms with Crippen LogP contribution in [0.2, 0.25) is 0 Å². The highest BCUT2D eigenvalue weighted by atomic mass is 19.3. The molecule has 0 spiro atoms. The van der Waals surface area contributed by atoms with Crippen LogP contribution in [-0.2, 0) is 12.5 Å². The highest BCUT2D eigenvalue weighted by molar-refractivity contribution is 5.75. The van der Waals surface area contributed by atoms with Gasteiger partial charge in [0.1, 0.15) is 29.0 Å². The van der Waals surface area contributed by atoms with Gasteiger partial charge >= 0.3 is 6.11 Å². The summed E-state index contributed by atoms with van der Waals surface area (Å²) in [5.74, 6) is -10.9. The molecule has 0 saturated heterocycles. The molecule has 1 nitrogen and oxygen atoms in total. The zero-order valence-electron chi connectivity index (χ0n) is 25.4. The number of halogens is 9. The third kappa shape index (κ3) is 7.75. The van der Waals surface area contributed by atoms with E-state index >= 15 is 13.2 Å². The molecule has 0 fully saturated rings. The summed E-state index contributed by atoms with van der Waals surface area (Å²) in [6.07, 6.45) is 1.88. The summed E-state index contributed by atoms with van der Waals surface area (Å²) in [6.45, 7) is 2.13. The van der Waals surface area contributed by atoms with Gasteiger partial charge in [0.05, 0.1) is 5.56 Å². The zero-order valence-corrected chi connectivity index (χ0v) is 25.4. The molecule has 0 N–H and O–H groups in total. The van der Waals surface area contributed by atoms with E-state index in [1.54, 1.807) is 6.07 Å². The number of aryl methyl sites for hydroxylation is 1. The van der Waals surface area contributed by atoms with Crippen LogP contribution in [0.1, 0.15) is 48.4 Å². The van der Waals surface area contributed by atoms with Gasteiger partial charge in [-0.3, -0.25) is 0 Å². The Hall–Kier alpha value is -4.99. The number of alkyl halides is 2. The first kappa shape index (κ1) is 34.3. The molecule has 0 amide bonds. The largest absolute Gasteiger partial charge is 0.429 e. The van der Waals surface area contributed by atoms with Gasteiger partial charge in [0.2, 0.25) is 0 Å². The minimum Gasteiger partial charge on any atom is -0.429 e. The molecule has 0 heterocycles. The summed E-state index contributed by atoms with van der Waals surface area (Å²) in [7, 11) is 0. The molecule has 5 aromatic carbocycles. The molecule has 0 aliphatic rings. The van der Waals surface area contributed by atoms with Gasteiger partial charge in [-0.1, -0.05) is 68.3 Å². The van der Waals surface area contributed by atoms with Crippen LogP contribution in [0.3, 0.4) is 0 Å². The van der Waals surface area contributed by atoms with Crippen LogP contribution < -0.4 is 4.74 Å². The molecule has 5 rings (SSSR count). The van der Waals surface area contributed by atoms with Crippen molar-refractivity contribution < 1.29 is 44.3 Å². The Morgan fingerprint density at radius 2 is 1.21 bits per heavy atom. The van der Waals surface area contributed by atoms with Gasteiger partial charge in [-0.2, -0.15) is 8.78 Å². The van der Waals surface area contributed by atoms with E-state index < -0.39 is 63.7 Å². The molecule has 10 heteroatoms. The van der Waals surface area contributed by atoms with Gasteiger partial charge in [0.15, 0.2) is 17.5 Å². The number of rotatable bonds is 11. The summed E-state index contributed by atoms with van der Waals surface area (Å²) in [5.41, 5.74) is 0.524. The van der Waals surface area contributed by atoms with Crippen LogP contribution in [0.5, 0.6) is 5.75 Å². The van der Waals surface area contributed by atoms with E-state index in [0.717, 1.165) is 61.6 Å². The van der Waals surface area contributed by atoms with Crippen LogP contribution in [-0.4, -0.2) is 0 Å². The van der Waals surface area contributed by atoms with E-state index in [4.69, 9.17) is 0 Å². The van der Waals surface area contributed by atoms with Crippen molar-refractivity contribution in [2.24, 2.45) is 0 Å². The third-order valence-corrected chi connectivity index (χ3v) is 7.67. The Labute approximate surface area is 270 Å². The molecular formula is C38H27F9O. The predicted octanol–water partition coefficient (Wildman–Crippen LogP) is 12.0. The number of unbranched alkanes of at least 4 members (excludes halogenated alkanes) is 2. The van der Waals surface area contributed by atoms with E-state index in [2.05, 4.69) is 11.7 Å². The van der Waals surface area contributed by atoms with Crippen LogP contribution in [0.4, 0.5) is 39.5 Å². The van der Waals surface area contributed by atoms with Crippen molar-refractivity contribution in [2.45, 2.75) is 38.7 Å². The summed E-state index contributed by atoms with van der Waals surface area (Å²) in [5, 5.41) is 0. The highest BCUT2D eigenvalue weighted by Gasteiger charge is 2.38. The van der Waals surface area contributed by atoms with E-state index in [1.165, 1.54) is 17.7 Å². The van der Waals surface area contributed by atoms with E-state index in [1.807, 2.05) is 24.3 Å². The standard InChI is InChI=1S/C38H27F9O/c1-2-3-4-5-22-6-10-24(11-7-22)25-12-14-28(31(39)17-25)26-18-32(40)29(33(41)19-26)13-8-23-9-15-30(34(42)16-23)38(46,47)48-27-20-35(43)37(45)36(44)21-27/h6-21H,2-5H2,1H3. The lowest BCUT2D eigenvalue weighted by Gasteiger charge is -2.19. The maximum absolute atomic E-state index is 15.2. The molecule has 0 bridgehead atoms. The lowest BCUT2D eigenvalue weighted by Crippen LogP contribution is -2.23. The molecular weight excluding hydrogens is 643 g/mol. The molecule has 0 atom stereocenters. The van der Waals surface area contributed by atoms with Gasteiger partial charge in [-0.15, -0.1) is 0 Å². The van der Waals surface area contributed by atoms with E-state index in [9.17, 15) is 26.3 Å². The van der Waals surface area contributed by atoms with Crippen molar-refractivity contribution in [1.29, 1.82) is 0 Å². The summed E-state index contributed by atoms with van der Waals surface area (Å²) < 4.78 is 133. The van der Waals surface area contributed by atoms with Crippen molar-refractivity contribution in [3.05, 3.63) is 148 Å². The molecule has 0 aromatic heterocycles. The molecule has 0 radical (unpaired) electrons. The second-order valence-electron chi connectivity index (χ2n) is 11.1. The zero-order chi connectivity index (χ0) is 34.6. The second-order valence-corrected chi connectivity index (χ2v) is 11.1. The fraction of sp³-hybridized carbons (Fsp3) is 0.158. The average Bonchev–Trinajstić information content (AvgIpc) is 3.03. The minimum absolute atomic E-state index is 0.0322. The Bertz CT molecular complexity index is 1920. The van der Waals surface area contributed by atoms with Crippen molar-refractivity contribution in [2.75, 3.05) is 0 Å². The molecule has 0 saturated carbocycles. The van der Waals surface area contributed by atoms with Crippen LogP contribution >= 0.6 is 0 Å². The molecule has 0 aliphatic heterocycles. The van der Waals surface area contributed by atoms with Crippen molar-refractivity contribution >= 4 is 12.2 Å². The fourth-order valence-corrected chi connectivity index (χ4v) is 5.12.